The maximum atomic E-state index is 12.8. The topological polar surface area (TPSA) is 186 Å². The van der Waals surface area contributed by atoms with Gasteiger partial charge in [-0.2, -0.15) is 9.36 Å². The molecule has 1 saturated heterocycles. The number of anilines is 1. The summed E-state index contributed by atoms with van der Waals surface area (Å²) in [6, 6.07) is -1.41. The molecule has 13 nitrogen and oxygen atoms in total. The lowest BCUT2D eigenvalue weighted by Crippen LogP contribution is -2.72. The van der Waals surface area contributed by atoms with Crippen LogP contribution in [0.4, 0.5) is 5.13 Å². The molecule has 0 saturated carbocycles. The highest BCUT2D eigenvalue weighted by molar-refractivity contribution is 8.04. The summed E-state index contributed by atoms with van der Waals surface area (Å²) in [5.41, 5.74) is 6.75. The number of nitrogens with two attached hydrogens (primary N) is 1. The van der Waals surface area contributed by atoms with Gasteiger partial charge in [0.1, 0.15) is 24.4 Å². The van der Waals surface area contributed by atoms with Gasteiger partial charge in [-0.25, -0.2) is 4.79 Å². The van der Waals surface area contributed by atoms with Gasteiger partial charge in [-0.1, -0.05) is 28.3 Å². The molecule has 2 aromatic rings. The van der Waals surface area contributed by atoms with Crippen LogP contribution in [0.3, 0.4) is 0 Å². The zero-order chi connectivity index (χ0) is 22.1. The van der Waals surface area contributed by atoms with Crippen LogP contribution in [-0.4, -0.2) is 72.3 Å². The number of nitrogens with zero attached hydrogens (tertiary/aromatic N) is 6. The van der Waals surface area contributed by atoms with Crippen LogP contribution in [0.2, 0.25) is 0 Å². The zero-order valence-corrected chi connectivity index (χ0v) is 18.2. The SMILES string of the molecule is CON=C(C(=O)NC1C(=O)N2C(C(=O)O)=C(Sc3nncs3)CCC12)c1nsc(N)n1. The molecule has 2 aromatic heterocycles. The predicted molar refractivity (Wildman–Crippen MR) is 110 cm³/mol. The van der Waals surface area contributed by atoms with Gasteiger partial charge < -0.3 is 21.0 Å². The maximum absolute atomic E-state index is 12.8. The number of aliphatic carboxylic acids is 1. The van der Waals surface area contributed by atoms with Crippen molar-refractivity contribution < 1.29 is 24.3 Å². The highest BCUT2D eigenvalue weighted by atomic mass is 32.2. The van der Waals surface area contributed by atoms with E-state index < -0.39 is 29.9 Å². The van der Waals surface area contributed by atoms with Gasteiger partial charge in [-0.15, -0.1) is 10.2 Å². The minimum Gasteiger partial charge on any atom is -0.477 e. The largest absolute Gasteiger partial charge is 0.477 e. The van der Waals surface area contributed by atoms with Crippen molar-refractivity contribution in [1.29, 1.82) is 0 Å². The summed E-state index contributed by atoms with van der Waals surface area (Å²) in [4.78, 5) is 47.7. The van der Waals surface area contributed by atoms with Gasteiger partial charge in [0, 0.05) is 16.4 Å². The molecule has 2 aliphatic heterocycles. The van der Waals surface area contributed by atoms with Crippen molar-refractivity contribution in [2.75, 3.05) is 12.8 Å². The fraction of sp³-hybridized carbons (Fsp3) is 0.333. The lowest BCUT2D eigenvalue weighted by molar-refractivity contribution is -0.155. The van der Waals surface area contributed by atoms with Crippen LogP contribution in [0.1, 0.15) is 18.7 Å². The summed E-state index contributed by atoms with van der Waals surface area (Å²) in [5, 5.41) is 23.7. The Kier molecular flexibility index (Phi) is 5.84. The summed E-state index contributed by atoms with van der Waals surface area (Å²) in [5.74, 6) is -2.52. The van der Waals surface area contributed by atoms with Crippen LogP contribution < -0.4 is 11.1 Å². The number of oxime groups is 1. The number of nitrogens with one attached hydrogen (secondary N) is 1. The second-order valence-corrected chi connectivity index (χ2v) is 9.19. The Bertz CT molecular complexity index is 1100. The van der Waals surface area contributed by atoms with Gasteiger partial charge >= 0.3 is 5.97 Å². The molecule has 0 aliphatic carbocycles. The third kappa shape index (κ3) is 3.96. The van der Waals surface area contributed by atoms with Gasteiger partial charge in [-0.05, 0) is 12.8 Å². The van der Waals surface area contributed by atoms with Crippen LogP contribution in [0.15, 0.2) is 25.6 Å². The number of thioether (sulfide) groups is 1. The lowest BCUT2D eigenvalue weighted by atomic mass is 9.86. The average Bonchev–Trinajstić information content (AvgIpc) is 3.41. The summed E-state index contributed by atoms with van der Waals surface area (Å²) in [6.45, 7) is 0. The van der Waals surface area contributed by atoms with E-state index in [1.165, 1.54) is 35.1 Å². The number of fused-ring (bicyclic) bond motifs is 1. The van der Waals surface area contributed by atoms with E-state index in [0.29, 0.717) is 22.1 Å². The molecule has 31 heavy (non-hydrogen) atoms. The first-order valence-electron chi connectivity index (χ1n) is 8.65. The minimum atomic E-state index is -1.22. The monoisotopic (exact) mass is 482 g/mol. The third-order valence-electron chi connectivity index (χ3n) is 4.48. The van der Waals surface area contributed by atoms with Gasteiger partial charge in [0.2, 0.25) is 11.5 Å². The van der Waals surface area contributed by atoms with Crippen molar-refractivity contribution in [2.24, 2.45) is 5.16 Å². The number of hydrogen-bond donors (Lipinski definition) is 3. The van der Waals surface area contributed by atoms with Crippen molar-refractivity contribution in [3.8, 4) is 0 Å². The molecule has 2 aliphatic rings. The van der Waals surface area contributed by atoms with E-state index in [9.17, 15) is 19.5 Å². The highest BCUT2D eigenvalue weighted by Crippen LogP contribution is 2.43. The number of nitrogen functional groups attached to an aromatic ring is 1. The number of β-lactam (4-membered cyclic amide) rings is 1. The molecule has 4 heterocycles. The molecule has 0 aromatic carbocycles. The van der Waals surface area contributed by atoms with Gasteiger partial charge in [0.15, 0.2) is 9.47 Å². The Balaban J connectivity index is 1.53. The molecule has 4 rings (SSSR count). The first-order valence-corrected chi connectivity index (χ1v) is 11.1. The second kappa shape index (κ2) is 8.56. The number of aromatic nitrogens is 4. The number of allylic oxidation sites excluding steroid dienone is 1. The van der Waals surface area contributed by atoms with Crippen molar-refractivity contribution in [3.05, 3.63) is 21.9 Å². The van der Waals surface area contributed by atoms with E-state index in [1.807, 2.05) is 0 Å². The van der Waals surface area contributed by atoms with E-state index in [-0.39, 0.29) is 22.4 Å². The summed E-state index contributed by atoms with van der Waals surface area (Å²) < 4.78 is 4.51. The van der Waals surface area contributed by atoms with Crippen LogP contribution in [0, 0.1) is 0 Å². The number of carboxylic acids is 1. The summed E-state index contributed by atoms with van der Waals surface area (Å²) in [7, 11) is 1.25. The van der Waals surface area contributed by atoms with Crippen molar-refractivity contribution in [2.45, 2.75) is 29.3 Å². The number of carbonyl (C=O) groups is 3. The van der Waals surface area contributed by atoms with E-state index in [2.05, 4.69) is 34.9 Å². The number of carbonyl (C=O) groups excluding carboxylic acids is 2. The van der Waals surface area contributed by atoms with E-state index in [0.717, 1.165) is 11.5 Å². The van der Waals surface area contributed by atoms with Crippen LogP contribution in [-0.2, 0) is 19.2 Å². The number of hydrogen-bond acceptors (Lipinski definition) is 13. The summed E-state index contributed by atoms with van der Waals surface area (Å²) in [6.07, 6.45) is 0.878. The summed E-state index contributed by atoms with van der Waals surface area (Å²) >= 11 is 3.33. The molecule has 2 unspecified atom stereocenters. The number of amides is 2. The lowest BCUT2D eigenvalue weighted by Gasteiger charge is -2.49. The van der Waals surface area contributed by atoms with Gasteiger partial charge in [0.25, 0.3) is 11.8 Å². The molecule has 4 N–H and O–H groups in total. The van der Waals surface area contributed by atoms with Crippen LogP contribution in [0.25, 0.3) is 0 Å². The molecule has 2 atom stereocenters. The first kappa shape index (κ1) is 21.1. The highest BCUT2D eigenvalue weighted by Gasteiger charge is 2.54. The van der Waals surface area contributed by atoms with E-state index >= 15 is 0 Å². The van der Waals surface area contributed by atoms with E-state index in [4.69, 9.17) is 5.73 Å². The molecule has 1 fully saturated rings. The fourth-order valence-electron chi connectivity index (χ4n) is 3.26. The Morgan fingerprint density at radius 1 is 1.48 bits per heavy atom. The van der Waals surface area contributed by atoms with E-state index in [1.54, 1.807) is 5.51 Å². The normalized spacial score (nSPS) is 20.9. The first-order chi connectivity index (χ1) is 14.9. The molecule has 0 spiro atoms. The Morgan fingerprint density at radius 3 is 2.90 bits per heavy atom. The number of carboxylic acid groups (broad SMARTS) is 1. The second-order valence-electron chi connectivity index (χ2n) is 6.23. The van der Waals surface area contributed by atoms with Crippen molar-refractivity contribution >= 4 is 63.3 Å². The van der Waals surface area contributed by atoms with Crippen molar-refractivity contribution in [1.82, 2.24) is 29.8 Å². The smallest absolute Gasteiger partial charge is 0.353 e. The number of rotatable bonds is 7. The molecule has 0 radical (unpaired) electrons. The Morgan fingerprint density at radius 2 is 2.29 bits per heavy atom. The molecule has 16 heteroatoms. The van der Waals surface area contributed by atoms with Crippen molar-refractivity contribution in [3.63, 3.8) is 0 Å². The molecular weight excluding hydrogens is 468 g/mol. The third-order valence-corrected chi connectivity index (χ3v) is 6.95. The van der Waals surface area contributed by atoms with Crippen LogP contribution in [0.5, 0.6) is 0 Å². The average molecular weight is 483 g/mol. The molecular formula is C15H14N8O5S3. The predicted octanol–water partition coefficient (Wildman–Crippen LogP) is -0.0998. The quantitative estimate of drug-likeness (QED) is 0.272. The zero-order valence-electron chi connectivity index (χ0n) is 15.7. The Hall–Kier alpha value is -3.11. The van der Waals surface area contributed by atoms with Gasteiger partial charge in [0.05, 0.1) is 6.04 Å². The maximum Gasteiger partial charge on any atom is 0.353 e. The standard InChI is InChI=1S/C15H14N8O5S3/c1-28-21-8(10-19-14(16)31-22-10)11(24)18-7-5-2-3-6(30-15-20-17-4-29-15)9(13(26)27)23(5)12(7)25/h4-5,7H,2-3H2,1H3,(H,18,24)(H,26,27)(H2,16,19,22). The molecule has 2 amide bonds. The van der Waals surface area contributed by atoms with Crippen LogP contribution >= 0.6 is 34.6 Å². The Labute approximate surface area is 186 Å². The fourth-order valence-corrected chi connectivity index (χ4v) is 5.39. The molecule has 162 valence electrons. The van der Waals surface area contributed by atoms with Gasteiger partial charge in [-0.3, -0.25) is 14.5 Å². The molecule has 0 bridgehead atoms. The minimum absolute atomic E-state index is 0.0315.